The predicted octanol–water partition coefficient (Wildman–Crippen LogP) is 0.648. The van der Waals surface area contributed by atoms with E-state index in [1.807, 2.05) is 6.92 Å². The van der Waals surface area contributed by atoms with Gasteiger partial charge in [-0.25, -0.2) is 0 Å². The summed E-state index contributed by atoms with van der Waals surface area (Å²) in [4.78, 5) is 3.95. The number of nitrogens with zero attached hydrogens (tertiary/aromatic N) is 2. The van der Waals surface area contributed by atoms with E-state index in [-0.39, 0.29) is 0 Å². The molecule has 0 bridgehead atoms. The van der Waals surface area contributed by atoms with E-state index in [2.05, 4.69) is 15.5 Å². The van der Waals surface area contributed by atoms with Crippen LogP contribution in [0.4, 0.5) is 6.01 Å². The molecule has 0 aliphatic carbocycles. The summed E-state index contributed by atoms with van der Waals surface area (Å²) in [6.45, 7) is 2.98. The molecule has 0 saturated carbocycles. The first-order chi connectivity index (χ1) is 5.36. The van der Waals surface area contributed by atoms with Crippen LogP contribution in [-0.4, -0.2) is 23.8 Å². The third kappa shape index (κ3) is 2.19. The Hall–Kier alpha value is -1.10. The summed E-state index contributed by atoms with van der Waals surface area (Å²) in [5, 5.41) is 6.38. The van der Waals surface area contributed by atoms with Crippen LogP contribution in [0, 0.1) is 0 Å². The maximum Gasteiger partial charge on any atom is 0.321 e. The second-order valence-electron chi connectivity index (χ2n) is 1.90. The Morgan fingerprint density at radius 2 is 2.45 bits per heavy atom. The third-order valence-electron chi connectivity index (χ3n) is 1.12. The summed E-state index contributed by atoms with van der Waals surface area (Å²) < 4.78 is 9.82. The molecule has 0 amide bonds. The van der Waals surface area contributed by atoms with E-state index in [1.165, 1.54) is 0 Å². The topological polar surface area (TPSA) is 60.2 Å². The highest BCUT2D eigenvalue weighted by Gasteiger charge is 2.02. The number of aromatic nitrogens is 2. The molecule has 0 aromatic carbocycles. The van der Waals surface area contributed by atoms with Crippen LogP contribution in [-0.2, 0) is 11.3 Å². The summed E-state index contributed by atoms with van der Waals surface area (Å²) in [5.74, 6) is 0.566. The second-order valence-corrected chi connectivity index (χ2v) is 1.90. The number of rotatable bonds is 4. The van der Waals surface area contributed by atoms with Crippen molar-refractivity contribution in [2.24, 2.45) is 0 Å². The second kappa shape index (κ2) is 3.92. The van der Waals surface area contributed by atoms with Gasteiger partial charge in [0, 0.05) is 13.7 Å². The van der Waals surface area contributed by atoms with Gasteiger partial charge in [0.1, 0.15) is 6.61 Å². The molecule has 5 heteroatoms. The summed E-state index contributed by atoms with van der Waals surface area (Å²) >= 11 is 0. The van der Waals surface area contributed by atoms with Crippen molar-refractivity contribution < 1.29 is 9.26 Å². The number of ether oxygens (including phenoxy) is 1. The van der Waals surface area contributed by atoms with Gasteiger partial charge in [0.25, 0.3) is 0 Å². The summed E-state index contributed by atoms with van der Waals surface area (Å²) in [7, 11) is 1.72. The molecule has 0 unspecified atom stereocenters. The maximum atomic E-state index is 5.06. The van der Waals surface area contributed by atoms with E-state index in [0.717, 1.165) is 0 Å². The van der Waals surface area contributed by atoms with E-state index < -0.39 is 0 Å². The zero-order valence-electron chi connectivity index (χ0n) is 6.63. The quantitative estimate of drug-likeness (QED) is 0.695. The van der Waals surface area contributed by atoms with Crippen molar-refractivity contribution >= 4 is 6.01 Å². The van der Waals surface area contributed by atoms with Crippen molar-refractivity contribution in [3.8, 4) is 0 Å². The molecule has 1 N–H and O–H groups in total. The molecule has 0 spiro atoms. The molecule has 0 radical (unpaired) electrons. The fourth-order valence-electron chi connectivity index (χ4n) is 0.607. The van der Waals surface area contributed by atoms with Gasteiger partial charge < -0.3 is 14.6 Å². The van der Waals surface area contributed by atoms with Gasteiger partial charge >= 0.3 is 6.01 Å². The van der Waals surface area contributed by atoms with Crippen molar-refractivity contribution in [1.29, 1.82) is 0 Å². The highest BCUT2D eigenvalue weighted by atomic mass is 16.5. The monoisotopic (exact) mass is 157 g/mol. The molecule has 1 aromatic heterocycles. The summed E-state index contributed by atoms with van der Waals surface area (Å²) in [6, 6.07) is 0.416. The van der Waals surface area contributed by atoms with E-state index in [1.54, 1.807) is 7.05 Å². The Labute approximate surface area is 64.7 Å². The van der Waals surface area contributed by atoms with Gasteiger partial charge in [-0.1, -0.05) is 5.16 Å². The van der Waals surface area contributed by atoms with Gasteiger partial charge in [-0.15, -0.1) is 0 Å². The normalized spacial score (nSPS) is 10.0. The van der Waals surface area contributed by atoms with Crippen molar-refractivity contribution in [2.45, 2.75) is 13.5 Å². The Kier molecular flexibility index (Phi) is 2.85. The van der Waals surface area contributed by atoms with Crippen LogP contribution in [0.25, 0.3) is 0 Å². The molecule has 0 saturated heterocycles. The standard InChI is InChI=1S/C6H11N3O2/c1-3-10-4-5-8-6(7-2)11-9-5/h3-4H2,1-2H3,(H,7,8,9). The summed E-state index contributed by atoms with van der Waals surface area (Å²) in [6.07, 6.45) is 0. The first-order valence-corrected chi connectivity index (χ1v) is 3.45. The Morgan fingerprint density at radius 1 is 1.64 bits per heavy atom. The van der Waals surface area contributed by atoms with Crippen LogP contribution in [0.2, 0.25) is 0 Å². The van der Waals surface area contributed by atoms with Gasteiger partial charge in [-0.05, 0) is 6.92 Å². The first kappa shape index (κ1) is 8.00. The third-order valence-corrected chi connectivity index (χ3v) is 1.12. The lowest BCUT2D eigenvalue weighted by Gasteiger charge is -1.91. The minimum absolute atomic E-state index is 0.404. The average molecular weight is 157 g/mol. The maximum absolute atomic E-state index is 5.06. The van der Waals surface area contributed by atoms with Gasteiger partial charge in [0.05, 0.1) is 0 Å². The van der Waals surface area contributed by atoms with Crippen LogP contribution in [0.1, 0.15) is 12.7 Å². The molecular formula is C6H11N3O2. The van der Waals surface area contributed by atoms with Crippen LogP contribution in [0.5, 0.6) is 0 Å². The van der Waals surface area contributed by atoms with E-state index >= 15 is 0 Å². The van der Waals surface area contributed by atoms with Crippen molar-refractivity contribution in [3.63, 3.8) is 0 Å². The van der Waals surface area contributed by atoms with Gasteiger partial charge in [0.2, 0.25) is 0 Å². The molecule has 0 aliphatic heterocycles. The Bertz CT molecular complexity index is 211. The highest BCUT2D eigenvalue weighted by Crippen LogP contribution is 2.02. The number of anilines is 1. The van der Waals surface area contributed by atoms with Crippen LogP contribution < -0.4 is 5.32 Å². The highest BCUT2D eigenvalue weighted by molar-refractivity contribution is 5.15. The van der Waals surface area contributed by atoms with E-state index in [0.29, 0.717) is 25.1 Å². The molecule has 0 fully saturated rings. The first-order valence-electron chi connectivity index (χ1n) is 3.45. The van der Waals surface area contributed by atoms with Gasteiger partial charge in [0.15, 0.2) is 5.82 Å². The van der Waals surface area contributed by atoms with Crippen molar-refractivity contribution in [2.75, 3.05) is 19.0 Å². The Balaban J connectivity index is 2.44. The largest absolute Gasteiger partial charge is 0.374 e. The van der Waals surface area contributed by atoms with Gasteiger partial charge in [-0.2, -0.15) is 4.98 Å². The van der Waals surface area contributed by atoms with Gasteiger partial charge in [-0.3, -0.25) is 0 Å². The zero-order valence-corrected chi connectivity index (χ0v) is 6.63. The predicted molar refractivity (Wildman–Crippen MR) is 39.2 cm³/mol. The van der Waals surface area contributed by atoms with Crippen molar-refractivity contribution in [3.05, 3.63) is 5.82 Å². The summed E-state index contributed by atoms with van der Waals surface area (Å²) in [5.41, 5.74) is 0. The lowest BCUT2D eigenvalue weighted by atomic mass is 10.7. The number of hydrogen-bond acceptors (Lipinski definition) is 5. The number of nitrogens with one attached hydrogen (secondary N) is 1. The fraction of sp³-hybridized carbons (Fsp3) is 0.667. The SMILES string of the molecule is CCOCc1noc(NC)n1. The molecule has 0 aliphatic rings. The average Bonchev–Trinajstić information content (AvgIpc) is 2.48. The molecule has 1 aromatic rings. The molecular weight excluding hydrogens is 146 g/mol. The molecule has 5 nitrogen and oxygen atoms in total. The molecule has 0 atom stereocenters. The molecule has 11 heavy (non-hydrogen) atoms. The zero-order chi connectivity index (χ0) is 8.10. The lowest BCUT2D eigenvalue weighted by molar-refractivity contribution is 0.126. The minimum atomic E-state index is 0.404. The number of hydrogen-bond donors (Lipinski definition) is 1. The molecule has 62 valence electrons. The van der Waals surface area contributed by atoms with E-state index in [4.69, 9.17) is 9.26 Å². The van der Waals surface area contributed by atoms with Crippen LogP contribution >= 0.6 is 0 Å². The van der Waals surface area contributed by atoms with Crippen LogP contribution in [0.15, 0.2) is 4.52 Å². The van der Waals surface area contributed by atoms with E-state index in [9.17, 15) is 0 Å². The van der Waals surface area contributed by atoms with Crippen LogP contribution in [0.3, 0.4) is 0 Å². The molecule has 1 rings (SSSR count). The smallest absolute Gasteiger partial charge is 0.321 e. The minimum Gasteiger partial charge on any atom is -0.374 e. The fourth-order valence-corrected chi connectivity index (χ4v) is 0.607. The lowest BCUT2D eigenvalue weighted by Crippen LogP contribution is -1.94. The Morgan fingerprint density at radius 3 is 3.00 bits per heavy atom. The van der Waals surface area contributed by atoms with Crippen molar-refractivity contribution in [1.82, 2.24) is 10.1 Å². The molecule has 1 heterocycles.